The molecule has 0 saturated carbocycles. The molecule has 158 valence electrons. The second-order valence-electron chi connectivity index (χ2n) is 6.81. The summed E-state index contributed by atoms with van der Waals surface area (Å²) in [4.78, 5) is 31.5. The Labute approximate surface area is 188 Å². The van der Waals surface area contributed by atoms with Crippen LogP contribution in [-0.4, -0.2) is 39.9 Å². The second-order valence-corrected chi connectivity index (χ2v) is 8.81. The van der Waals surface area contributed by atoms with Crippen molar-refractivity contribution in [1.82, 2.24) is 9.88 Å². The number of carbonyl (C=O) groups is 2. The van der Waals surface area contributed by atoms with Gasteiger partial charge in [0, 0.05) is 23.7 Å². The fraction of sp³-hybridized carbons (Fsp3) is 0.174. The molecule has 2 aromatic carbocycles. The Morgan fingerprint density at radius 2 is 1.97 bits per heavy atom. The van der Waals surface area contributed by atoms with Crippen LogP contribution in [0.5, 0.6) is 5.75 Å². The summed E-state index contributed by atoms with van der Waals surface area (Å²) in [7, 11) is 1.62. The van der Waals surface area contributed by atoms with E-state index in [4.69, 9.17) is 4.74 Å². The molecule has 3 aromatic rings. The van der Waals surface area contributed by atoms with Crippen molar-refractivity contribution >= 4 is 45.6 Å². The number of nitrogens with zero attached hydrogens (tertiary/aromatic N) is 2. The van der Waals surface area contributed by atoms with Gasteiger partial charge in [-0.3, -0.25) is 9.59 Å². The van der Waals surface area contributed by atoms with Crippen molar-refractivity contribution < 1.29 is 14.3 Å². The van der Waals surface area contributed by atoms with Gasteiger partial charge in [-0.15, -0.1) is 23.1 Å². The van der Waals surface area contributed by atoms with Crippen molar-refractivity contribution in [3.63, 3.8) is 0 Å². The summed E-state index contributed by atoms with van der Waals surface area (Å²) >= 11 is 2.79. The molecule has 1 N–H and O–H groups in total. The molecule has 0 bridgehead atoms. The molecule has 0 radical (unpaired) electrons. The molecule has 0 fully saturated rings. The lowest BCUT2D eigenvalue weighted by Gasteiger charge is -2.24. The summed E-state index contributed by atoms with van der Waals surface area (Å²) in [5.41, 5.74) is 2.53. The van der Waals surface area contributed by atoms with E-state index in [0.29, 0.717) is 17.2 Å². The number of hydrogen-bond acceptors (Lipinski definition) is 6. The number of carbonyl (C=O) groups excluding carboxylic acids is 2. The van der Waals surface area contributed by atoms with Gasteiger partial charge in [0.25, 0.3) is 5.91 Å². The number of rotatable bonds is 8. The Hall–Kier alpha value is -3.10. The number of ether oxygens (including phenoxy) is 1. The van der Waals surface area contributed by atoms with Crippen LogP contribution in [0.25, 0.3) is 5.57 Å². The van der Waals surface area contributed by atoms with E-state index in [-0.39, 0.29) is 22.9 Å². The van der Waals surface area contributed by atoms with Crippen LogP contribution in [0.1, 0.15) is 11.1 Å². The number of amides is 2. The highest BCUT2D eigenvalue weighted by molar-refractivity contribution is 8.00. The molecule has 31 heavy (non-hydrogen) atoms. The molecule has 0 saturated heterocycles. The highest BCUT2D eigenvalue weighted by atomic mass is 32.2. The molecule has 1 aromatic heterocycles. The quantitative estimate of drug-likeness (QED) is 0.554. The molecule has 2 heterocycles. The van der Waals surface area contributed by atoms with Gasteiger partial charge >= 0.3 is 0 Å². The van der Waals surface area contributed by atoms with Gasteiger partial charge in [-0.25, -0.2) is 4.98 Å². The van der Waals surface area contributed by atoms with Crippen molar-refractivity contribution in [3.8, 4) is 5.75 Å². The van der Waals surface area contributed by atoms with Gasteiger partial charge in [-0.2, -0.15) is 0 Å². The molecule has 1 aliphatic heterocycles. The van der Waals surface area contributed by atoms with Crippen LogP contribution in [0, 0.1) is 0 Å². The minimum absolute atomic E-state index is 0.0418. The minimum atomic E-state index is -0.244. The number of thioether (sulfide) groups is 1. The fourth-order valence-electron chi connectivity index (χ4n) is 3.24. The van der Waals surface area contributed by atoms with Gasteiger partial charge in [-0.1, -0.05) is 42.5 Å². The lowest BCUT2D eigenvalue weighted by molar-refractivity contribution is -0.124. The Kier molecular flexibility index (Phi) is 6.69. The van der Waals surface area contributed by atoms with Crippen molar-refractivity contribution in [1.29, 1.82) is 0 Å². The van der Waals surface area contributed by atoms with Crippen LogP contribution < -0.4 is 10.1 Å². The largest absolute Gasteiger partial charge is 0.497 e. The maximum Gasteiger partial charge on any atom is 0.255 e. The molecular weight excluding hydrogens is 430 g/mol. The highest BCUT2D eigenvalue weighted by Crippen LogP contribution is 2.33. The topological polar surface area (TPSA) is 71.5 Å². The molecule has 1 aliphatic rings. The van der Waals surface area contributed by atoms with E-state index in [1.165, 1.54) is 23.1 Å². The first-order chi connectivity index (χ1) is 15.1. The summed E-state index contributed by atoms with van der Waals surface area (Å²) < 4.78 is 5.22. The van der Waals surface area contributed by atoms with E-state index in [1.54, 1.807) is 18.2 Å². The summed E-state index contributed by atoms with van der Waals surface area (Å²) in [5.74, 6) is 0.803. The number of thiazole rings is 1. The Balaban J connectivity index is 1.50. The lowest BCUT2D eigenvalue weighted by atomic mass is 10.1. The van der Waals surface area contributed by atoms with E-state index in [2.05, 4.69) is 10.3 Å². The minimum Gasteiger partial charge on any atom is -0.497 e. The third-order valence-corrected chi connectivity index (χ3v) is 6.62. The van der Waals surface area contributed by atoms with Gasteiger partial charge in [-0.05, 0) is 29.3 Å². The van der Waals surface area contributed by atoms with Crippen molar-refractivity contribution in [2.75, 3.05) is 18.2 Å². The lowest BCUT2D eigenvalue weighted by Crippen LogP contribution is -2.33. The third-order valence-electron chi connectivity index (χ3n) is 4.77. The molecule has 1 atom stereocenters. The zero-order valence-corrected chi connectivity index (χ0v) is 18.5. The van der Waals surface area contributed by atoms with Crippen LogP contribution in [0.15, 0.2) is 72.3 Å². The Morgan fingerprint density at radius 3 is 2.65 bits per heavy atom. The maximum atomic E-state index is 13.3. The highest BCUT2D eigenvalue weighted by Gasteiger charge is 2.33. The van der Waals surface area contributed by atoms with E-state index in [0.717, 1.165) is 16.9 Å². The zero-order chi connectivity index (χ0) is 21.6. The molecule has 2 amide bonds. The molecule has 0 aliphatic carbocycles. The number of hydrogen-bond donors (Lipinski definition) is 1. The van der Waals surface area contributed by atoms with Crippen LogP contribution in [0.4, 0.5) is 5.13 Å². The normalized spacial score (nSPS) is 15.6. The second kappa shape index (κ2) is 9.80. The standard InChI is InChI=1S/C23H21N3O3S2/c1-29-18-9-7-16(8-10-18)14-26-21(31-15-20(27)25-23-24-11-12-30-23)13-19(22(26)28)17-5-3-2-4-6-17/h2-13,21H,14-15H2,1H3,(H,24,25,27). The Morgan fingerprint density at radius 1 is 1.19 bits per heavy atom. The molecule has 4 rings (SSSR count). The average Bonchev–Trinajstić information content (AvgIpc) is 3.42. The molecule has 6 nitrogen and oxygen atoms in total. The van der Waals surface area contributed by atoms with E-state index in [9.17, 15) is 9.59 Å². The number of methoxy groups -OCH3 is 1. The number of anilines is 1. The Bertz CT molecular complexity index is 1070. The number of benzene rings is 2. The van der Waals surface area contributed by atoms with Crippen molar-refractivity contribution in [2.45, 2.75) is 11.9 Å². The first-order valence-electron chi connectivity index (χ1n) is 9.66. The number of nitrogens with one attached hydrogen (secondary N) is 1. The molecular formula is C23H21N3O3S2. The molecule has 8 heteroatoms. The smallest absolute Gasteiger partial charge is 0.255 e. The third kappa shape index (κ3) is 5.15. The van der Waals surface area contributed by atoms with Crippen LogP contribution in [0.3, 0.4) is 0 Å². The van der Waals surface area contributed by atoms with Crippen molar-refractivity contribution in [3.05, 3.63) is 83.4 Å². The van der Waals surface area contributed by atoms with E-state index in [1.807, 2.05) is 66.1 Å². The van der Waals surface area contributed by atoms with Gasteiger partial charge in [0.1, 0.15) is 5.75 Å². The first-order valence-corrected chi connectivity index (χ1v) is 11.6. The molecule has 0 spiro atoms. The summed E-state index contributed by atoms with van der Waals surface area (Å²) in [6, 6.07) is 17.3. The van der Waals surface area contributed by atoms with E-state index >= 15 is 0 Å². The van der Waals surface area contributed by atoms with Gasteiger partial charge in [0.05, 0.1) is 18.2 Å². The zero-order valence-electron chi connectivity index (χ0n) is 16.9. The monoisotopic (exact) mass is 451 g/mol. The summed E-state index contributed by atoms with van der Waals surface area (Å²) in [6.07, 6.45) is 3.59. The van der Waals surface area contributed by atoms with Gasteiger partial charge in [0.2, 0.25) is 5.91 Å². The van der Waals surface area contributed by atoms with Crippen molar-refractivity contribution in [2.24, 2.45) is 0 Å². The average molecular weight is 452 g/mol. The maximum absolute atomic E-state index is 13.3. The van der Waals surface area contributed by atoms with E-state index < -0.39 is 0 Å². The van der Waals surface area contributed by atoms with Crippen LogP contribution in [-0.2, 0) is 16.1 Å². The van der Waals surface area contributed by atoms with Crippen LogP contribution in [0.2, 0.25) is 0 Å². The predicted molar refractivity (Wildman–Crippen MR) is 125 cm³/mol. The summed E-state index contributed by atoms with van der Waals surface area (Å²) in [6.45, 7) is 0.446. The van der Waals surface area contributed by atoms with Gasteiger partial charge in [0.15, 0.2) is 5.13 Å². The van der Waals surface area contributed by atoms with Gasteiger partial charge < -0.3 is 15.0 Å². The van der Waals surface area contributed by atoms with Crippen LogP contribution >= 0.6 is 23.1 Å². The predicted octanol–water partition coefficient (Wildman–Crippen LogP) is 4.28. The summed E-state index contributed by atoms with van der Waals surface area (Å²) in [5, 5.41) is 4.93. The number of aromatic nitrogens is 1. The first kappa shape index (κ1) is 21.1. The fourth-order valence-corrected chi connectivity index (χ4v) is 4.76. The molecule has 1 unspecified atom stereocenters. The SMILES string of the molecule is COc1ccc(CN2C(=O)C(c3ccccc3)=CC2SCC(=O)Nc2nccs2)cc1.